The van der Waals surface area contributed by atoms with Gasteiger partial charge in [0.25, 0.3) is 0 Å². The van der Waals surface area contributed by atoms with Gasteiger partial charge in [0.05, 0.1) is 0 Å². The van der Waals surface area contributed by atoms with Crippen molar-refractivity contribution in [1.29, 1.82) is 0 Å². The minimum absolute atomic E-state index is 0.118. The molecular weight excluding hydrogens is 472 g/mol. The predicted octanol–water partition coefficient (Wildman–Crippen LogP) is 7.54. The van der Waals surface area contributed by atoms with Crippen molar-refractivity contribution in [3.8, 4) is 11.5 Å². The van der Waals surface area contributed by atoms with Gasteiger partial charge in [-0.15, -0.1) is 0 Å². The lowest BCUT2D eigenvalue weighted by Gasteiger charge is -2.25. The molecule has 3 atom stereocenters. The van der Waals surface area contributed by atoms with Gasteiger partial charge in [0.2, 0.25) is 5.78 Å². The summed E-state index contributed by atoms with van der Waals surface area (Å²) < 4.78 is 12.5. The van der Waals surface area contributed by atoms with E-state index in [0.717, 1.165) is 16.7 Å². The van der Waals surface area contributed by atoms with Crippen LogP contribution in [0.5, 0.6) is 11.5 Å². The Morgan fingerprint density at radius 3 is 1.45 bits per heavy atom. The zero-order chi connectivity index (χ0) is 26.2. The number of aliphatic hydroxyl groups excluding tert-OH is 1. The second kappa shape index (κ2) is 12.0. The van der Waals surface area contributed by atoms with E-state index in [0.29, 0.717) is 17.1 Å². The van der Waals surface area contributed by atoms with Gasteiger partial charge in [0, 0.05) is 11.1 Å². The molecule has 0 heterocycles. The fourth-order valence-corrected chi connectivity index (χ4v) is 4.32. The Bertz CT molecular complexity index is 1420. The van der Waals surface area contributed by atoms with Crippen molar-refractivity contribution in [3.05, 3.63) is 168 Å². The van der Waals surface area contributed by atoms with Gasteiger partial charge in [-0.05, 0) is 35.4 Å². The molecule has 3 unspecified atom stereocenters. The highest BCUT2D eigenvalue weighted by Gasteiger charge is 2.26. The smallest absolute Gasteiger partial charge is 0.207 e. The summed E-state index contributed by atoms with van der Waals surface area (Å²) in [4.78, 5) is 13.4. The summed E-state index contributed by atoms with van der Waals surface area (Å²) in [6.07, 6.45) is -2.26. The molecule has 1 N–H and O–H groups in total. The molecule has 0 amide bonds. The van der Waals surface area contributed by atoms with Gasteiger partial charge in [-0.1, -0.05) is 121 Å². The number of hydrogen-bond donors (Lipinski definition) is 1. The maximum absolute atomic E-state index is 13.4. The monoisotopic (exact) mass is 500 g/mol. The Morgan fingerprint density at radius 2 is 0.921 bits per heavy atom. The van der Waals surface area contributed by atoms with Gasteiger partial charge < -0.3 is 14.6 Å². The van der Waals surface area contributed by atoms with Crippen LogP contribution in [0.3, 0.4) is 0 Å². The summed E-state index contributed by atoms with van der Waals surface area (Å²) in [5.74, 6) is 0.995. The topological polar surface area (TPSA) is 55.8 Å². The first-order valence-corrected chi connectivity index (χ1v) is 12.5. The lowest BCUT2D eigenvalue weighted by molar-refractivity contribution is 0.0343. The molecule has 38 heavy (non-hydrogen) atoms. The maximum atomic E-state index is 13.4. The van der Waals surface area contributed by atoms with E-state index in [9.17, 15) is 9.90 Å². The quantitative estimate of drug-likeness (QED) is 0.201. The fourth-order valence-electron chi connectivity index (χ4n) is 4.32. The molecule has 0 aliphatic heterocycles. The normalized spacial score (nSPS) is 13.2. The number of aliphatic hydroxyl groups is 1. The Labute approximate surface area is 222 Å². The molecule has 0 aliphatic rings. The van der Waals surface area contributed by atoms with Crippen LogP contribution >= 0.6 is 0 Å². The molecule has 0 fully saturated rings. The van der Waals surface area contributed by atoms with E-state index in [2.05, 4.69) is 0 Å². The molecule has 4 heteroatoms. The summed E-state index contributed by atoms with van der Waals surface area (Å²) in [5, 5.41) is 11.2. The number of carbonyl (C=O) groups excluding carboxylic acids is 1. The first-order chi connectivity index (χ1) is 18.7. The minimum Gasteiger partial charge on any atom is -0.483 e. The van der Waals surface area contributed by atoms with Crippen molar-refractivity contribution in [3.63, 3.8) is 0 Å². The van der Waals surface area contributed by atoms with Crippen LogP contribution < -0.4 is 9.47 Å². The zero-order valence-corrected chi connectivity index (χ0v) is 20.8. The third-order valence-corrected chi connectivity index (χ3v) is 6.30. The fraction of sp³-hybridized carbons (Fsp3) is 0.0882. The van der Waals surface area contributed by atoms with Crippen LogP contribution in [0.2, 0.25) is 0 Å². The zero-order valence-electron chi connectivity index (χ0n) is 20.8. The standard InChI is InChI=1S/C34H28O4/c35-31(25-13-5-1-6-14-25)33(27-17-9-3-10-18-27)37-29-21-23-30(24-22-29)38-34(28-19-11-4-12-20-28)32(36)26-15-7-2-8-16-26/h1-24,31,33-35H. The maximum Gasteiger partial charge on any atom is 0.207 e. The number of benzene rings is 5. The first kappa shape index (κ1) is 25.0. The lowest BCUT2D eigenvalue weighted by Crippen LogP contribution is -2.19. The Morgan fingerprint density at radius 1 is 0.500 bits per heavy atom. The van der Waals surface area contributed by atoms with Gasteiger partial charge in [0.1, 0.15) is 17.6 Å². The molecule has 0 aromatic heterocycles. The Balaban J connectivity index is 1.38. The minimum atomic E-state index is -0.861. The first-order valence-electron chi connectivity index (χ1n) is 12.5. The summed E-state index contributed by atoms with van der Waals surface area (Å²) in [5.41, 5.74) is 2.99. The van der Waals surface area contributed by atoms with Crippen molar-refractivity contribution in [2.75, 3.05) is 0 Å². The van der Waals surface area contributed by atoms with Crippen LogP contribution in [0.25, 0.3) is 0 Å². The van der Waals surface area contributed by atoms with E-state index >= 15 is 0 Å². The molecule has 0 bridgehead atoms. The number of ether oxygens (including phenoxy) is 2. The van der Waals surface area contributed by atoms with E-state index < -0.39 is 18.3 Å². The van der Waals surface area contributed by atoms with Crippen LogP contribution in [-0.2, 0) is 0 Å². The molecule has 5 aromatic carbocycles. The predicted molar refractivity (Wildman–Crippen MR) is 148 cm³/mol. The number of hydrogen-bond acceptors (Lipinski definition) is 4. The van der Waals surface area contributed by atoms with Crippen molar-refractivity contribution < 1.29 is 19.4 Å². The van der Waals surface area contributed by atoms with Crippen LogP contribution in [0, 0.1) is 0 Å². The highest BCUT2D eigenvalue weighted by Crippen LogP contribution is 2.34. The second-order valence-corrected chi connectivity index (χ2v) is 8.91. The van der Waals surface area contributed by atoms with Gasteiger partial charge in [-0.2, -0.15) is 0 Å². The van der Waals surface area contributed by atoms with Gasteiger partial charge in [-0.25, -0.2) is 0 Å². The highest BCUT2D eigenvalue weighted by molar-refractivity contribution is 6.00. The summed E-state index contributed by atoms with van der Waals surface area (Å²) >= 11 is 0. The van der Waals surface area contributed by atoms with E-state index in [1.54, 1.807) is 36.4 Å². The molecule has 188 valence electrons. The van der Waals surface area contributed by atoms with Gasteiger partial charge in [-0.3, -0.25) is 4.79 Å². The summed E-state index contributed by atoms with van der Waals surface area (Å²) in [6.45, 7) is 0. The second-order valence-electron chi connectivity index (χ2n) is 8.91. The molecular formula is C34H28O4. The number of ketones is 1. The molecule has 4 nitrogen and oxygen atoms in total. The third-order valence-electron chi connectivity index (χ3n) is 6.30. The van der Waals surface area contributed by atoms with Crippen molar-refractivity contribution in [2.45, 2.75) is 18.3 Å². The van der Waals surface area contributed by atoms with Crippen LogP contribution in [0.15, 0.2) is 146 Å². The molecule has 0 spiro atoms. The highest BCUT2D eigenvalue weighted by atomic mass is 16.5. The molecule has 0 saturated carbocycles. The number of Topliss-reactive ketones (excluding diaryl/α,β-unsaturated/α-hetero) is 1. The summed E-state index contributed by atoms with van der Waals surface area (Å²) in [6, 6.07) is 44.9. The largest absolute Gasteiger partial charge is 0.483 e. The molecule has 0 aliphatic carbocycles. The van der Waals surface area contributed by atoms with Gasteiger partial charge in [0.15, 0.2) is 12.2 Å². The Kier molecular flexibility index (Phi) is 7.92. The van der Waals surface area contributed by atoms with Crippen LogP contribution in [0.4, 0.5) is 0 Å². The van der Waals surface area contributed by atoms with Crippen molar-refractivity contribution in [1.82, 2.24) is 0 Å². The summed E-state index contributed by atoms with van der Waals surface area (Å²) in [7, 11) is 0. The van der Waals surface area contributed by atoms with Crippen LogP contribution in [0.1, 0.15) is 45.4 Å². The SMILES string of the molecule is O=C(c1ccccc1)C(Oc1ccc(OC(c2ccccc2)C(O)c2ccccc2)cc1)c1ccccc1. The molecule has 0 saturated heterocycles. The Hall–Kier alpha value is -4.67. The molecule has 0 radical (unpaired) electrons. The molecule has 5 aromatic rings. The van der Waals surface area contributed by atoms with Gasteiger partial charge >= 0.3 is 0 Å². The van der Waals surface area contributed by atoms with E-state index in [4.69, 9.17) is 9.47 Å². The average molecular weight is 501 g/mol. The third kappa shape index (κ3) is 6.00. The van der Waals surface area contributed by atoms with E-state index in [1.165, 1.54) is 0 Å². The lowest BCUT2D eigenvalue weighted by atomic mass is 9.98. The molecule has 5 rings (SSSR count). The number of rotatable bonds is 10. The van der Waals surface area contributed by atoms with Crippen LogP contribution in [-0.4, -0.2) is 10.9 Å². The number of carbonyl (C=O) groups is 1. The average Bonchev–Trinajstić information content (AvgIpc) is 3.00. The van der Waals surface area contributed by atoms with Crippen molar-refractivity contribution in [2.24, 2.45) is 0 Å². The van der Waals surface area contributed by atoms with E-state index in [-0.39, 0.29) is 5.78 Å². The van der Waals surface area contributed by atoms with E-state index in [1.807, 2.05) is 109 Å². The van der Waals surface area contributed by atoms with Crippen molar-refractivity contribution >= 4 is 5.78 Å².